The zero-order valence-corrected chi connectivity index (χ0v) is 9.89. The van der Waals surface area contributed by atoms with Crippen molar-refractivity contribution in [2.45, 2.75) is 25.5 Å². The van der Waals surface area contributed by atoms with Gasteiger partial charge >= 0.3 is 5.97 Å². The van der Waals surface area contributed by atoms with E-state index in [1.54, 1.807) is 12.1 Å². The molecule has 1 aliphatic rings. The summed E-state index contributed by atoms with van der Waals surface area (Å²) < 4.78 is 0. The minimum Gasteiger partial charge on any atom is -0.478 e. The normalized spacial score (nSPS) is 18.7. The van der Waals surface area contributed by atoms with Crippen LogP contribution in [0.5, 0.6) is 0 Å². The highest BCUT2D eigenvalue weighted by Gasteiger charge is 2.38. The van der Waals surface area contributed by atoms with Crippen molar-refractivity contribution < 1.29 is 15.0 Å². The van der Waals surface area contributed by atoms with Gasteiger partial charge < -0.3 is 10.2 Å². The Labute approximate surface area is 100 Å². The van der Waals surface area contributed by atoms with Gasteiger partial charge in [-0.1, -0.05) is 19.1 Å². The molecule has 1 saturated heterocycles. The molecule has 2 N–H and O–H groups in total. The van der Waals surface area contributed by atoms with Crippen molar-refractivity contribution in [2.75, 3.05) is 13.1 Å². The molecule has 17 heavy (non-hydrogen) atoms. The second kappa shape index (κ2) is 4.47. The third kappa shape index (κ3) is 2.65. The third-order valence-corrected chi connectivity index (χ3v) is 3.30. The molecule has 1 heterocycles. The molecular formula is C13H17NO3. The van der Waals surface area contributed by atoms with Gasteiger partial charge in [0.2, 0.25) is 0 Å². The monoisotopic (exact) mass is 235 g/mol. The highest BCUT2D eigenvalue weighted by molar-refractivity contribution is 5.87. The summed E-state index contributed by atoms with van der Waals surface area (Å²) in [6.45, 7) is 4.15. The summed E-state index contributed by atoms with van der Waals surface area (Å²) in [5.41, 5.74) is 0.872. The predicted octanol–water partition coefficient (Wildman–Crippen LogP) is 1.34. The number of aliphatic hydroxyl groups is 1. The highest BCUT2D eigenvalue weighted by Crippen LogP contribution is 2.25. The first-order valence-corrected chi connectivity index (χ1v) is 5.79. The first kappa shape index (κ1) is 12.1. The molecule has 1 aromatic rings. The number of aromatic carboxylic acids is 1. The number of hydrogen-bond donors (Lipinski definition) is 2. The van der Waals surface area contributed by atoms with E-state index in [2.05, 4.69) is 4.90 Å². The fraction of sp³-hybridized carbons (Fsp3) is 0.462. The number of hydrogen-bond acceptors (Lipinski definition) is 3. The number of carboxylic acids is 1. The number of carboxylic acid groups (broad SMARTS) is 1. The van der Waals surface area contributed by atoms with Gasteiger partial charge in [0.1, 0.15) is 0 Å². The van der Waals surface area contributed by atoms with E-state index in [1.165, 1.54) is 0 Å². The lowest BCUT2D eigenvalue weighted by atomic mass is 9.91. The molecule has 0 atom stereocenters. The fourth-order valence-electron chi connectivity index (χ4n) is 2.13. The summed E-state index contributed by atoms with van der Waals surface area (Å²) in [6.07, 6.45) is 0.779. The van der Waals surface area contributed by atoms with Gasteiger partial charge in [-0.2, -0.15) is 0 Å². The van der Waals surface area contributed by atoms with E-state index in [1.807, 2.05) is 19.1 Å². The van der Waals surface area contributed by atoms with E-state index in [0.717, 1.165) is 18.5 Å². The molecule has 92 valence electrons. The second-order valence-electron chi connectivity index (χ2n) is 4.73. The average molecular weight is 235 g/mol. The number of β-amino-alcohol motifs (C(OH)–C–C–N with tert-alkyl or cyclic N) is 1. The lowest BCUT2D eigenvalue weighted by molar-refractivity contribution is -0.103. The van der Waals surface area contributed by atoms with E-state index in [0.29, 0.717) is 18.7 Å². The van der Waals surface area contributed by atoms with Gasteiger partial charge in [-0.3, -0.25) is 4.90 Å². The highest BCUT2D eigenvalue weighted by atomic mass is 16.4. The summed E-state index contributed by atoms with van der Waals surface area (Å²) in [5, 5.41) is 18.6. The van der Waals surface area contributed by atoms with Crippen LogP contribution in [0.1, 0.15) is 29.3 Å². The van der Waals surface area contributed by atoms with Crippen molar-refractivity contribution in [3.05, 3.63) is 35.4 Å². The molecular weight excluding hydrogens is 218 g/mol. The Balaban J connectivity index is 1.91. The molecule has 1 aromatic carbocycles. The van der Waals surface area contributed by atoms with Crippen LogP contribution in [0.2, 0.25) is 0 Å². The fourth-order valence-corrected chi connectivity index (χ4v) is 2.13. The number of carbonyl (C=O) groups is 1. The quantitative estimate of drug-likeness (QED) is 0.826. The summed E-state index contributed by atoms with van der Waals surface area (Å²) in [5.74, 6) is -0.902. The second-order valence-corrected chi connectivity index (χ2v) is 4.73. The first-order valence-electron chi connectivity index (χ1n) is 5.79. The SMILES string of the molecule is CCC1(O)CN(Cc2ccc(C(=O)O)cc2)C1. The summed E-state index contributed by atoms with van der Waals surface area (Å²) in [4.78, 5) is 12.8. The number of nitrogens with zero attached hydrogens (tertiary/aromatic N) is 1. The van der Waals surface area contributed by atoms with Gasteiger partial charge in [-0.25, -0.2) is 4.79 Å². The van der Waals surface area contributed by atoms with Gasteiger partial charge in [0.05, 0.1) is 11.2 Å². The van der Waals surface area contributed by atoms with Crippen molar-refractivity contribution in [3.8, 4) is 0 Å². The molecule has 0 saturated carbocycles. The maximum atomic E-state index is 10.7. The molecule has 1 fully saturated rings. The average Bonchev–Trinajstić information content (AvgIpc) is 2.27. The molecule has 0 bridgehead atoms. The molecule has 4 heteroatoms. The molecule has 4 nitrogen and oxygen atoms in total. The van der Waals surface area contributed by atoms with Crippen LogP contribution in [-0.4, -0.2) is 39.8 Å². The van der Waals surface area contributed by atoms with Gasteiger partial charge in [0, 0.05) is 19.6 Å². The Morgan fingerprint density at radius 3 is 2.41 bits per heavy atom. The van der Waals surface area contributed by atoms with E-state index in [4.69, 9.17) is 5.11 Å². The molecule has 2 rings (SSSR count). The zero-order valence-electron chi connectivity index (χ0n) is 9.89. The van der Waals surface area contributed by atoms with Crippen molar-refractivity contribution in [3.63, 3.8) is 0 Å². The Kier molecular flexibility index (Phi) is 3.17. The van der Waals surface area contributed by atoms with Crippen LogP contribution in [0, 0.1) is 0 Å². The Hall–Kier alpha value is -1.39. The largest absolute Gasteiger partial charge is 0.478 e. The van der Waals surface area contributed by atoms with Gasteiger partial charge in [-0.15, -0.1) is 0 Å². The summed E-state index contributed by atoms with van der Waals surface area (Å²) >= 11 is 0. The molecule has 0 aliphatic carbocycles. The smallest absolute Gasteiger partial charge is 0.335 e. The molecule has 0 unspecified atom stereocenters. The zero-order chi connectivity index (χ0) is 12.5. The molecule has 0 aromatic heterocycles. The first-order chi connectivity index (χ1) is 8.02. The lowest BCUT2D eigenvalue weighted by Crippen LogP contribution is -2.60. The minimum atomic E-state index is -0.902. The van der Waals surface area contributed by atoms with Crippen LogP contribution >= 0.6 is 0 Å². The van der Waals surface area contributed by atoms with E-state index >= 15 is 0 Å². The predicted molar refractivity (Wildman–Crippen MR) is 63.9 cm³/mol. The van der Waals surface area contributed by atoms with Gasteiger partial charge in [0.15, 0.2) is 0 Å². The summed E-state index contributed by atoms with van der Waals surface area (Å²) in [6, 6.07) is 6.88. The topological polar surface area (TPSA) is 60.8 Å². The lowest BCUT2D eigenvalue weighted by Gasteiger charge is -2.46. The maximum absolute atomic E-state index is 10.7. The van der Waals surface area contributed by atoms with Crippen LogP contribution in [0.3, 0.4) is 0 Å². The minimum absolute atomic E-state index is 0.308. The van der Waals surface area contributed by atoms with Crippen LogP contribution < -0.4 is 0 Å². The summed E-state index contributed by atoms with van der Waals surface area (Å²) in [7, 11) is 0. The van der Waals surface area contributed by atoms with Gasteiger partial charge in [-0.05, 0) is 24.1 Å². The van der Waals surface area contributed by atoms with Crippen molar-refractivity contribution >= 4 is 5.97 Å². The van der Waals surface area contributed by atoms with Crippen LogP contribution in [0.25, 0.3) is 0 Å². The van der Waals surface area contributed by atoms with Crippen molar-refractivity contribution in [1.82, 2.24) is 4.90 Å². The third-order valence-electron chi connectivity index (χ3n) is 3.30. The van der Waals surface area contributed by atoms with Crippen LogP contribution in [0.15, 0.2) is 24.3 Å². The molecule has 0 radical (unpaired) electrons. The molecule has 0 spiro atoms. The maximum Gasteiger partial charge on any atom is 0.335 e. The number of benzene rings is 1. The Morgan fingerprint density at radius 1 is 1.35 bits per heavy atom. The molecule has 0 amide bonds. The van der Waals surface area contributed by atoms with E-state index in [9.17, 15) is 9.90 Å². The van der Waals surface area contributed by atoms with E-state index in [-0.39, 0.29) is 0 Å². The number of likely N-dealkylation sites (tertiary alicyclic amines) is 1. The van der Waals surface area contributed by atoms with Crippen LogP contribution in [-0.2, 0) is 6.54 Å². The molecule has 1 aliphatic heterocycles. The van der Waals surface area contributed by atoms with Gasteiger partial charge in [0.25, 0.3) is 0 Å². The van der Waals surface area contributed by atoms with Crippen molar-refractivity contribution in [1.29, 1.82) is 0 Å². The Bertz CT molecular complexity index is 407. The Morgan fingerprint density at radius 2 is 1.94 bits per heavy atom. The standard InChI is InChI=1S/C13H17NO3/c1-2-13(17)8-14(9-13)7-10-3-5-11(6-4-10)12(15)16/h3-6,17H,2,7-9H2,1H3,(H,15,16). The number of rotatable bonds is 4. The van der Waals surface area contributed by atoms with E-state index < -0.39 is 11.6 Å². The van der Waals surface area contributed by atoms with Crippen molar-refractivity contribution in [2.24, 2.45) is 0 Å². The van der Waals surface area contributed by atoms with Crippen LogP contribution in [0.4, 0.5) is 0 Å².